The number of benzene rings is 1. The van der Waals surface area contributed by atoms with E-state index in [0.29, 0.717) is 18.1 Å². The molecule has 0 fully saturated rings. The van der Waals surface area contributed by atoms with Crippen molar-refractivity contribution in [2.24, 2.45) is 0 Å². The van der Waals surface area contributed by atoms with Crippen molar-refractivity contribution in [3.05, 3.63) is 58.5 Å². The topological polar surface area (TPSA) is 62.5 Å². The number of aromatic carboxylic acids is 1. The van der Waals surface area contributed by atoms with Crippen LogP contribution < -0.4 is 5.32 Å². The van der Waals surface area contributed by atoms with Crippen LogP contribution in [0.5, 0.6) is 0 Å². The van der Waals surface area contributed by atoms with Crippen LogP contribution >= 0.6 is 0 Å². The van der Waals surface area contributed by atoms with Crippen LogP contribution in [0.3, 0.4) is 0 Å². The van der Waals surface area contributed by atoms with Crippen molar-refractivity contribution >= 4 is 5.97 Å². The molecule has 2 aromatic rings. The van der Waals surface area contributed by atoms with E-state index in [1.165, 1.54) is 11.1 Å². The summed E-state index contributed by atoms with van der Waals surface area (Å²) in [5.41, 5.74) is 2.75. The molecular weight excluding hydrogens is 254 g/mol. The second kappa shape index (κ2) is 6.39. The Hall–Kier alpha value is -2.07. The number of nitrogens with one attached hydrogen (secondary N) is 1. The standard InChI is InChI=1S/C16H19NO3/c1-3-12-4-6-13(7-5-12)9-17-10-14-8-15(16(18)19)11(2)20-14/h4-8,17H,3,9-10H2,1-2H3,(H,18,19). The molecule has 0 unspecified atom stereocenters. The highest BCUT2D eigenvalue weighted by atomic mass is 16.4. The van der Waals surface area contributed by atoms with Crippen LogP contribution in [0.15, 0.2) is 34.7 Å². The smallest absolute Gasteiger partial charge is 0.339 e. The molecule has 0 saturated carbocycles. The van der Waals surface area contributed by atoms with Gasteiger partial charge in [0.25, 0.3) is 0 Å². The fourth-order valence-electron chi connectivity index (χ4n) is 2.07. The van der Waals surface area contributed by atoms with Crippen LogP contribution in [0.2, 0.25) is 0 Å². The summed E-state index contributed by atoms with van der Waals surface area (Å²) in [5.74, 6) is 0.138. The molecule has 20 heavy (non-hydrogen) atoms. The number of furan rings is 1. The largest absolute Gasteiger partial charge is 0.478 e. The Bertz CT molecular complexity index is 584. The Morgan fingerprint density at radius 2 is 1.85 bits per heavy atom. The minimum absolute atomic E-state index is 0.231. The lowest BCUT2D eigenvalue weighted by Crippen LogP contribution is -2.12. The molecule has 0 bridgehead atoms. The third-order valence-electron chi connectivity index (χ3n) is 3.26. The normalized spacial score (nSPS) is 10.7. The third-order valence-corrected chi connectivity index (χ3v) is 3.26. The highest BCUT2D eigenvalue weighted by Crippen LogP contribution is 2.14. The van der Waals surface area contributed by atoms with Gasteiger partial charge in [0.05, 0.1) is 6.54 Å². The van der Waals surface area contributed by atoms with Crippen LogP contribution in [0.25, 0.3) is 0 Å². The van der Waals surface area contributed by atoms with E-state index in [0.717, 1.165) is 13.0 Å². The van der Waals surface area contributed by atoms with E-state index in [9.17, 15) is 4.79 Å². The van der Waals surface area contributed by atoms with Gasteiger partial charge in [-0.1, -0.05) is 31.2 Å². The van der Waals surface area contributed by atoms with Crippen molar-refractivity contribution in [2.75, 3.05) is 0 Å². The fourth-order valence-corrected chi connectivity index (χ4v) is 2.07. The van der Waals surface area contributed by atoms with E-state index in [1.54, 1.807) is 13.0 Å². The second-order valence-corrected chi connectivity index (χ2v) is 4.76. The average molecular weight is 273 g/mol. The van der Waals surface area contributed by atoms with Gasteiger partial charge in [-0.3, -0.25) is 0 Å². The summed E-state index contributed by atoms with van der Waals surface area (Å²) in [6, 6.07) is 10.0. The highest BCUT2D eigenvalue weighted by molar-refractivity contribution is 5.88. The zero-order valence-corrected chi connectivity index (χ0v) is 11.8. The number of aryl methyl sites for hydroxylation is 2. The molecule has 0 aliphatic heterocycles. The van der Waals surface area contributed by atoms with Gasteiger partial charge in [0.15, 0.2) is 0 Å². The fraction of sp³-hybridized carbons (Fsp3) is 0.312. The number of rotatable bonds is 6. The van der Waals surface area contributed by atoms with E-state index in [2.05, 4.69) is 36.5 Å². The lowest BCUT2D eigenvalue weighted by Gasteiger charge is -2.04. The quantitative estimate of drug-likeness (QED) is 0.848. The molecule has 0 aliphatic carbocycles. The summed E-state index contributed by atoms with van der Waals surface area (Å²) < 4.78 is 5.41. The number of carboxylic acids is 1. The molecule has 0 amide bonds. The van der Waals surface area contributed by atoms with Crippen LogP contribution in [-0.4, -0.2) is 11.1 Å². The Kier molecular flexibility index (Phi) is 4.58. The van der Waals surface area contributed by atoms with Gasteiger partial charge in [0.2, 0.25) is 0 Å². The number of hydrogen-bond donors (Lipinski definition) is 2. The minimum Gasteiger partial charge on any atom is -0.478 e. The van der Waals surface area contributed by atoms with Gasteiger partial charge < -0.3 is 14.8 Å². The first-order chi connectivity index (χ1) is 9.60. The molecule has 0 radical (unpaired) electrons. The lowest BCUT2D eigenvalue weighted by atomic mass is 10.1. The molecule has 2 N–H and O–H groups in total. The van der Waals surface area contributed by atoms with Crippen molar-refractivity contribution < 1.29 is 14.3 Å². The predicted octanol–water partition coefficient (Wildman–Crippen LogP) is 3.14. The number of carboxylic acid groups (broad SMARTS) is 1. The molecule has 0 saturated heterocycles. The molecule has 1 heterocycles. The maximum Gasteiger partial charge on any atom is 0.339 e. The van der Waals surface area contributed by atoms with Crippen molar-refractivity contribution in [1.82, 2.24) is 5.32 Å². The number of carbonyl (C=O) groups is 1. The van der Waals surface area contributed by atoms with E-state index in [4.69, 9.17) is 9.52 Å². The van der Waals surface area contributed by atoms with Gasteiger partial charge in [-0.2, -0.15) is 0 Å². The molecular formula is C16H19NO3. The Labute approximate surface area is 118 Å². The third kappa shape index (κ3) is 3.48. The lowest BCUT2D eigenvalue weighted by molar-refractivity contribution is 0.0695. The van der Waals surface area contributed by atoms with Crippen LogP contribution in [0.1, 0.15) is 39.9 Å². The molecule has 2 rings (SSSR count). The van der Waals surface area contributed by atoms with Crippen molar-refractivity contribution in [1.29, 1.82) is 0 Å². The van der Waals surface area contributed by atoms with Gasteiger partial charge in [-0.15, -0.1) is 0 Å². The summed E-state index contributed by atoms with van der Waals surface area (Å²) >= 11 is 0. The van der Waals surface area contributed by atoms with E-state index in [-0.39, 0.29) is 5.56 Å². The Morgan fingerprint density at radius 1 is 1.20 bits per heavy atom. The molecule has 1 aromatic carbocycles. The second-order valence-electron chi connectivity index (χ2n) is 4.76. The maximum absolute atomic E-state index is 10.9. The predicted molar refractivity (Wildman–Crippen MR) is 76.8 cm³/mol. The Balaban J connectivity index is 1.89. The first-order valence-electron chi connectivity index (χ1n) is 6.71. The maximum atomic E-state index is 10.9. The van der Waals surface area contributed by atoms with Crippen molar-refractivity contribution in [2.45, 2.75) is 33.4 Å². The van der Waals surface area contributed by atoms with E-state index >= 15 is 0 Å². The zero-order chi connectivity index (χ0) is 14.5. The van der Waals surface area contributed by atoms with Crippen molar-refractivity contribution in [3.63, 3.8) is 0 Å². The SMILES string of the molecule is CCc1ccc(CNCc2cc(C(=O)O)c(C)o2)cc1. The first kappa shape index (κ1) is 14.3. The summed E-state index contributed by atoms with van der Waals surface area (Å²) in [6.07, 6.45) is 1.04. The molecule has 0 spiro atoms. The van der Waals surface area contributed by atoms with Gasteiger partial charge in [0, 0.05) is 6.54 Å². The minimum atomic E-state index is -0.951. The zero-order valence-electron chi connectivity index (χ0n) is 11.8. The van der Waals surface area contributed by atoms with Crippen molar-refractivity contribution in [3.8, 4) is 0 Å². The van der Waals surface area contributed by atoms with Crippen LogP contribution in [-0.2, 0) is 19.5 Å². The molecule has 106 valence electrons. The highest BCUT2D eigenvalue weighted by Gasteiger charge is 2.13. The van der Waals surface area contributed by atoms with Crippen LogP contribution in [0.4, 0.5) is 0 Å². The van der Waals surface area contributed by atoms with E-state index in [1.807, 2.05) is 0 Å². The Morgan fingerprint density at radius 3 is 2.40 bits per heavy atom. The summed E-state index contributed by atoms with van der Waals surface area (Å²) in [4.78, 5) is 10.9. The first-order valence-corrected chi connectivity index (χ1v) is 6.71. The van der Waals surface area contributed by atoms with Gasteiger partial charge in [-0.25, -0.2) is 4.79 Å². The summed E-state index contributed by atoms with van der Waals surface area (Å²) in [6.45, 7) is 5.04. The summed E-state index contributed by atoms with van der Waals surface area (Å²) in [5, 5.41) is 12.2. The van der Waals surface area contributed by atoms with Gasteiger partial charge in [0.1, 0.15) is 17.1 Å². The molecule has 4 heteroatoms. The monoisotopic (exact) mass is 273 g/mol. The van der Waals surface area contributed by atoms with Gasteiger partial charge >= 0.3 is 5.97 Å². The molecule has 4 nitrogen and oxygen atoms in total. The molecule has 0 aliphatic rings. The summed E-state index contributed by atoms with van der Waals surface area (Å²) in [7, 11) is 0. The van der Waals surface area contributed by atoms with Gasteiger partial charge in [-0.05, 0) is 30.5 Å². The van der Waals surface area contributed by atoms with Crippen LogP contribution in [0, 0.1) is 6.92 Å². The van der Waals surface area contributed by atoms with E-state index < -0.39 is 5.97 Å². The molecule has 0 atom stereocenters. The number of hydrogen-bond acceptors (Lipinski definition) is 3. The average Bonchev–Trinajstić information content (AvgIpc) is 2.81. The molecule has 1 aromatic heterocycles.